The average molecular weight is 280 g/mol. The van der Waals surface area contributed by atoms with Crippen LogP contribution in [0.2, 0.25) is 0 Å². The fourth-order valence-corrected chi connectivity index (χ4v) is 3.41. The molecule has 2 aromatic rings. The van der Waals surface area contributed by atoms with Crippen LogP contribution in [-0.2, 0) is 5.41 Å². The van der Waals surface area contributed by atoms with E-state index in [-0.39, 0.29) is 5.41 Å². The minimum Gasteiger partial charge on any atom is -0.0558 e. The van der Waals surface area contributed by atoms with Crippen LogP contribution >= 0.6 is 0 Å². The van der Waals surface area contributed by atoms with Gasteiger partial charge in [-0.25, -0.2) is 0 Å². The molecule has 0 aliphatic heterocycles. The summed E-state index contributed by atoms with van der Waals surface area (Å²) < 4.78 is 0. The summed E-state index contributed by atoms with van der Waals surface area (Å²) >= 11 is 0. The summed E-state index contributed by atoms with van der Waals surface area (Å²) in [7, 11) is 0. The maximum absolute atomic E-state index is 2.37. The lowest BCUT2D eigenvalue weighted by atomic mass is 9.73. The second-order valence-electron chi connectivity index (χ2n) is 7.13. The summed E-state index contributed by atoms with van der Waals surface area (Å²) in [4.78, 5) is 0. The van der Waals surface area contributed by atoms with Gasteiger partial charge in [0.05, 0.1) is 0 Å². The molecule has 0 aromatic heterocycles. The Labute approximate surface area is 130 Å². The number of aryl methyl sites for hydroxylation is 6. The van der Waals surface area contributed by atoms with Gasteiger partial charge in [0, 0.05) is 5.41 Å². The molecule has 0 N–H and O–H groups in total. The van der Waals surface area contributed by atoms with Gasteiger partial charge in [-0.05, 0) is 86.1 Å². The van der Waals surface area contributed by atoms with Crippen molar-refractivity contribution >= 4 is 0 Å². The van der Waals surface area contributed by atoms with Gasteiger partial charge < -0.3 is 0 Å². The van der Waals surface area contributed by atoms with E-state index in [1.807, 2.05) is 0 Å². The van der Waals surface area contributed by atoms with E-state index in [1.165, 1.54) is 44.5 Å². The van der Waals surface area contributed by atoms with Crippen molar-refractivity contribution in [3.8, 4) is 0 Å². The van der Waals surface area contributed by atoms with E-state index in [4.69, 9.17) is 0 Å². The lowest BCUT2D eigenvalue weighted by Crippen LogP contribution is -2.22. The van der Waals surface area contributed by atoms with E-state index in [2.05, 4.69) is 79.7 Å². The van der Waals surface area contributed by atoms with Crippen LogP contribution < -0.4 is 0 Å². The third kappa shape index (κ3) is 2.77. The minimum absolute atomic E-state index is 0.0328. The van der Waals surface area contributed by atoms with E-state index in [0.29, 0.717) is 0 Å². The molecule has 0 radical (unpaired) electrons. The van der Waals surface area contributed by atoms with Gasteiger partial charge in [0.1, 0.15) is 0 Å². The van der Waals surface area contributed by atoms with Crippen molar-refractivity contribution < 1.29 is 0 Å². The molecule has 112 valence electrons. The molecule has 0 heterocycles. The predicted octanol–water partition coefficient (Wildman–Crippen LogP) is 5.86. The highest BCUT2D eigenvalue weighted by Crippen LogP contribution is 2.37. The maximum atomic E-state index is 2.37. The lowest BCUT2D eigenvalue weighted by molar-refractivity contribution is 0.629. The zero-order valence-corrected chi connectivity index (χ0v) is 14.8. The maximum Gasteiger partial charge on any atom is 0.0152 e. The second kappa shape index (κ2) is 5.33. The molecule has 0 spiro atoms. The highest BCUT2D eigenvalue weighted by molar-refractivity contribution is 5.50. The monoisotopic (exact) mass is 280 g/mol. The molecule has 0 amide bonds. The molecule has 0 nitrogen and oxygen atoms in total. The molecule has 0 atom stereocenters. The summed E-state index contributed by atoms with van der Waals surface area (Å²) in [5, 5.41) is 0. The largest absolute Gasteiger partial charge is 0.0558 e. The molecular weight excluding hydrogens is 252 g/mol. The zero-order valence-electron chi connectivity index (χ0n) is 14.8. The third-order valence-electron chi connectivity index (χ3n) is 5.03. The third-order valence-corrected chi connectivity index (χ3v) is 5.03. The first kappa shape index (κ1) is 15.8. The SMILES string of the molecule is Cc1cc(C)c(C(C)(C)c2cc(C)c(C)cc2C)cc1C. The first-order valence-corrected chi connectivity index (χ1v) is 7.81. The summed E-state index contributed by atoms with van der Waals surface area (Å²) in [6.07, 6.45) is 0. The summed E-state index contributed by atoms with van der Waals surface area (Å²) in [6, 6.07) is 9.39. The Bertz CT molecular complexity index is 628. The van der Waals surface area contributed by atoms with Crippen molar-refractivity contribution in [2.45, 2.75) is 60.8 Å². The van der Waals surface area contributed by atoms with Gasteiger partial charge in [-0.2, -0.15) is 0 Å². The van der Waals surface area contributed by atoms with Gasteiger partial charge >= 0.3 is 0 Å². The Morgan fingerprint density at radius 3 is 1.10 bits per heavy atom. The summed E-state index contributed by atoms with van der Waals surface area (Å²) in [5.74, 6) is 0. The van der Waals surface area contributed by atoms with Crippen LogP contribution in [0.25, 0.3) is 0 Å². The topological polar surface area (TPSA) is 0 Å². The first-order valence-electron chi connectivity index (χ1n) is 7.81. The molecule has 0 aliphatic rings. The van der Waals surface area contributed by atoms with Crippen molar-refractivity contribution in [1.29, 1.82) is 0 Å². The Morgan fingerprint density at radius 2 is 0.762 bits per heavy atom. The average Bonchev–Trinajstić information content (AvgIpc) is 2.37. The molecule has 21 heavy (non-hydrogen) atoms. The van der Waals surface area contributed by atoms with Gasteiger partial charge in [-0.3, -0.25) is 0 Å². The van der Waals surface area contributed by atoms with Crippen LogP contribution in [0, 0.1) is 41.5 Å². The van der Waals surface area contributed by atoms with Crippen LogP contribution in [0.4, 0.5) is 0 Å². The van der Waals surface area contributed by atoms with Crippen molar-refractivity contribution in [3.63, 3.8) is 0 Å². The van der Waals surface area contributed by atoms with Crippen LogP contribution in [0.1, 0.15) is 58.4 Å². The molecule has 0 unspecified atom stereocenters. The van der Waals surface area contributed by atoms with Gasteiger partial charge in [-0.15, -0.1) is 0 Å². The molecule has 0 saturated carbocycles. The molecule has 2 aromatic carbocycles. The predicted molar refractivity (Wildman–Crippen MR) is 93.4 cm³/mol. The molecule has 0 aliphatic carbocycles. The van der Waals surface area contributed by atoms with E-state index < -0.39 is 0 Å². The van der Waals surface area contributed by atoms with Crippen molar-refractivity contribution in [2.75, 3.05) is 0 Å². The molecular formula is C21H28. The summed E-state index contributed by atoms with van der Waals surface area (Å²) in [6.45, 7) is 18.0. The van der Waals surface area contributed by atoms with Crippen LogP contribution in [0.5, 0.6) is 0 Å². The highest BCUT2D eigenvalue weighted by atomic mass is 14.3. The molecule has 0 heteroatoms. The molecule has 0 fully saturated rings. The molecule has 2 rings (SSSR count). The van der Waals surface area contributed by atoms with Gasteiger partial charge in [0.25, 0.3) is 0 Å². The number of benzene rings is 2. The van der Waals surface area contributed by atoms with Crippen LogP contribution in [0.3, 0.4) is 0 Å². The Hall–Kier alpha value is -1.56. The fraction of sp³-hybridized carbons (Fsp3) is 0.429. The summed E-state index contributed by atoms with van der Waals surface area (Å²) in [5.41, 5.74) is 11.2. The zero-order chi connectivity index (χ0) is 15.9. The number of rotatable bonds is 2. The lowest BCUT2D eigenvalue weighted by Gasteiger charge is -2.31. The highest BCUT2D eigenvalue weighted by Gasteiger charge is 2.27. The number of hydrogen-bond donors (Lipinski definition) is 0. The van der Waals surface area contributed by atoms with Crippen molar-refractivity contribution in [1.82, 2.24) is 0 Å². The Morgan fingerprint density at radius 1 is 0.476 bits per heavy atom. The quantitative estimate of drug-likeness (QED) is 0.646. The van der Waals surface area contributed by atoms with Crippen LogP contribution in [0.15, 0.2) is 24.3 Å². The van der Waals surface area contributed by atoms with Gasteiger partial charge in [-0.1, -0.05) is 38.1 Å². The fourth-order valence-electron chi connectivity index (χ4n) is 3.41. The Balaban J connectivity index is 2.67. The van der Waals surface area contributed by atoms with Gasteiger partial charge in [0.15, 0.2) is 0 Å². The normalized spacial score (nSPS) is 11.8. The van der Waals surface area contributed by atoms with Crippen molar-refractivity contribution in [2.24, 2.45) is 0 Å². The minimum atomic E-state index is 0.0328. The second-order valence-corrected chi connectivity index (χ2v) is 7.13. The van der Waals surface area contributed by atoms with E-state index in [0.717, 1.165) is 0 Å². The van der Waals surface area contributed by atoms with E-state index in [9.17, 15) is 0 Å². The molecule has 0 saturated heterocycles. The first-order chi connectivity index (χ1) is 9.64. The van der Waals surface area contributed by atoms with Crippen molar-refractivity contribution in [3.05, 3.63) is 68.8 Å². The van der Waals surface area contributed by atoms with E-state index in [1.54, 1.807) is 0 Å². The van der Waals surface area contributed by atoms with Gasteiger partial charge in [0.2, 0.25) is 0 Å². The molecule has 0 bridgehead atoms. The van der Waals surface area contributed by atoms with Crippen LogP contribution in [-0.4, -0.2) is 0 Å². The van der Waals surface area contributed by atoms with E-state index >= 15 is 0 Å². The standard InChI is InChI=1S/C21H28/c1-13-9-17(5)19(11-15(13)3)21(7,8)20-12-16(4)14(2)10-18(20)6/h9-12H,1-8H3. The Kier molecular flexibility index (Phi) is 4.02. The smallest absolute Gasteiger partial charge is 0.0152 e. The number of hydrogen-bond acceptors (Lipinski definition) is 0.